The molecule has 1 aliphatic heterocycles. The highest BCUT2D eigenvalue weighted by molar-refractivity contribution is 7.91. The number of hydrogen-bond acceptors (Lipinski definition) is 5. The highest BCUT2D eigenvalue weighted by Crippen LogP contribution is 2.29. The van der Waals surface area contributed by atoms with E-state index >= 15 is 0 Å². The Bertz CT molecular complexity index is 1170. The molecular formula is C23H28N2O4S2. The number of likely N-dealkylation sites (tertiary alicyclic amines) is 1. The van der Waals surface area contributed by atoms with E-state index in [0.717, 1.165) is 16.5 Å². The van der Waals surface area contributed by atoms with E-state index in [1.165, 1.54) is 22.5 Å². The van der Waals surface area contributed by atoms with Gasteiger partial charge in [0.2, 0.25) is 15.9 Å². The van der Waals surface area contributed by atoms with Gasteiger partial charge in [-0.3, -0.25) is 4.79 Å². The molecule has 1 fully saturated rings. The first-order valence-electron chi connectivity index (χ1n) is 10.6. The predicted molar refractivity (Wildman–Crippen MR) is 123 cm³/mol. The monoisotopic (exact) mass is 460 g/mol. The third kappa shape index (κ3) is 4.71. The fourth-order valence-electron chi connectivity index (χ4n) is 4.22. The minimum absolute atomic E-state index is 0.0499. The molecule has 1 aliphatic rings. The molecule has 8 heteroatoms. The third-order valence-electron chi connectivity index (χ3n) is 5.94. The number of aryl methyl sites for hydroxylation is 1. The summed E-state index contributed by atoms with van der Waals surface area (Å²) in [6.07, 6.45) is 3.20. The first-order chi connectivity index (χ1) is 14.7. The van der Waals surface area contributed by atoms with Crippen molar-refractivity contribution in [2.24, 2.45) is 0 Å². The maximum Gasteiger partial charge on any atom is 0.250 e. The number of piperidine rings is 1. The summed E-state index contributed by atoms with van der Waals surface area (Å²) in [6.45, 7) is 7.50. The molecule has 6 nitrogen and oxygen atoms in total. The number of hydrogen-bond donors (Lipinski definition) is 1. The van der Waals surface area contributed by atoms with Gasteiger partial charge in [0.1, 0.15) is 9.79 Å². The lowest BCUT2D eigenvalue weighted by Crippen LogP contribution is -2.46. The standard InChI is InChI=1S/C23H28N2O4S2/c1-15(2)19-13-20-17(14-29-21(20)11-16(19)3)12-22(26)25-8-6-18(7-9-25)24-31(27,28)23-5-4-10-30-23/h4-5,10-11,13-15,18,24H,6-9,12H2,1-3H3. The third-order valence-corrected chi connectivity index (χ3v) is 8.85. The molecule has 2 aromatic heterocycles. The van der Waals surface area contributed by atoms with Crippen molar-refractivity contribution >= 4 is 38.2 Å². The maximum absolute atomic E-state index is 12.9. The summed E-state index contributed by atoms with van der Waals surface area (Å²) < 4.78 is 33.7. The quantitative estimate of drug-likeness (QED) is 0.590. The highest BCUT2D eigenvalue weighted by atomic mass is 32.2. The number of carbonyl (C=O) groups is 1. The Morgan fingerprint density at radius 2 is 2.03 bits per heavy atom. The molecule has 0 saturated carbocycles. The fraction of sp³-hybridized carbons (Fsp3) is 0.435. The van der Waals surface area contributed by atoms with Crippen LogP contribution in [0.15, 0.2) is 44.5 Å². The molecular weight excluding hydrogens is 432 g/mol. The smallest absolute Gasteiger partial charge is 0.250 e. The van der Waals surface area contributed by atoms with Crippen LogP contribution in [-0.2, 0) is 21.2 Å². The molecule has 0 atom stereocenters. The summed E-state index contributed by atoms with van der Waals surface area (Å²) in [5.74, 6) is 0.453. The van der Waals surface area contributed by atoms with E-state index in [4.69, 9.17) is 4.42 Å². The molecule has 3 heterocycles. The molecule has 3 aromatic rings. The van der Waals surface area contributed by atoms with Crippen LogP contribution in [0.4, 0.5) is 0 Å². The molecule has 0 unspecified atom stereocenters. The van der Waals surface area contributed by atoms with Crippen LogP contribution in [0.3, 0.4) is 0 Å². The second-order valence-electron chi connectivity index (χ2n) is 8.51. The molecule has 31 heavy (non-hydrogen) atoms. The average Bonchev–Trinajstić information content (AvgIpc) is 3.38. The lowest BCUT2D eigenvalue weighted by Gasteiger charge is -2.32. The minimum Gasteiger partial charge on any atom is -0.464 e. The van der Waals surface area contributed by atoms with Crippen molar-refractivity contribution in [3.8, 4) is 0 Å². The van der Waals surface area contributed by atoms with Crippen molar-refractivity contribution in [3.63, 3.8) is 0 Å². The zero-order valence-corrected chi connectivity index (χ0v) is 19.7. The number of rotatable bonds is 6. The molecule has 0 bridgehead atoms. The van der Waals surface area contributed by atoms with Crippen molar-refractivity contribution in [2.45, 2.75) is 56.2 Å². The Kier molecular flexibility index (Phi) is 6.23. The highest BCUT2D eigenvalue weighted by Gasteiger charge is 2.27. The molecule has 166 valence electrons. The van der Waals surface area contributed by atoms with Crippen molar-refractivity contribution in [1.29, 1.82) is 0 Å². The van der Waals surface area contributed by atoms with Crippen LogP contribution >= 0.6 is 11.3 Å². The first-order valence-corrected chi connectivity index (χ1v) is 12.9. The molecule has 1 saturated heterocycles. The lowest BCUT2D eigenvalue weighted by molar-refractivity contribution is -0.131. The van der Waals surface area contributed by atoms with Gasteiger partial charge in [-0.1, -0.05) is 19.9 Å². The van der Waals surface area contributed by atoms with Crippen LogP contribution in [0.2, 0.25) is 0 Å². The van der Waals surface area contributed by atoms with E-state index in [1.807, 2.05) is 11.0 Å². The summed E-state index contributed by atoms with van der Waals surface area (Å²) in [5, 5.41) is 2.75. The number of amides is 1. The number of nitrogens with one attached hydrogen (secondary N) is 1. The van der Waals surface area contributed by atoms with Gasteiger partial charge >= 0.3 is 0 Å². The van der Waals surface area contributed by atoms with Gasteiger partial charge in [-0.2, -0.15) is 0 Å². The van der Waals surface area contributed by atoms with E-state index in [-0.39, 0.29) is 11.9 Å². The van der Waals surface area contributed by atoms with Crippen LogP contribution in [0, 0.1) is 6.92 Å². The van der Waals surface area contributed by atoms with Crippen molar-refractivity contribution < 1.29 is 17.6 Å². The second-order valence-corrected chi connectivity index (χ2v) is 11.4. The summed E-state index contributed by atoms with van der Waals surface area (Å²) in [6, 6.07) is 7.37. The Morgan fingerprint density at radius 1 is 1.29 bits per heavy atom. The van der Waals surface area contributed by atoms with Gasteiger partial charge in [0, 0.05) is 30.1 Å². The number of sulfonamides is 1. The summed E-state index contributed by atoms with van der Waals surface area (Å²) in [7, 11) is -3.48. The van der Waals surface area contributed by atoms with Crippen LogP contribution in [0.5, 0.6) is 0 Å². The van der Waals surface area contributed by atoms with Crippen molar-refractivity contribution in [1.82, 2.24) is 9.62 Å². The molecule has 1 aromatic carbocycles. The number of benzene rings is 1. The maximum atomic E-state index is 12.9. The van der Waals surface area contributed by atoms with Crippen LogP contribution in [0.1, 0.15) is 49.3 Å². The molecule has 1 N–H and O–H groups in total. The van der Waals surface area contributed by atoms with Crippen molar-refractivity contribution in [2.75, 3.05) is 13.1 Å². The first kappa shape index (κ1) is 22.0. The van der Waals surface area contributed by atoms with Gasteiger partial charge in [-0.25, -0.2) is 13.1 Å². The van der Waals surface area contributed by atoms with Gasteiger partial charge < -0.3 is 9.32 Å². The Hall–Kier alpha value is -2.16. The lowest BCUT2D eigenvalue weighted by atomic mass is 9.95. The fourth-order valence-corrected chi connectivity index (χ4v) is 6.53. The van der Waals surface area contributed by atoms with Crippen molar-refractivity contribution in [3.05, 3.63) is 52.6 Å². The zero-order chi connectivity index (χ0) is 22.2. The molecule has 0 spiro atoms. The zero-order valence-electron chi connectivity index (χ0n) is 18.1. The van der Waals surface area contributed by atoms with E-state index in [2.05, 4.69) is 31.6 Å². The van der Waals surface area contributed by atoms with E-state index < -0.39 is 10.0 Å². The summed E-state index contributed by atoms with van der Waals surface area (Å²) in [4.78, 5) is 14.7. The topological polar surface area (TPSA) is 79.6 Å². The molecule has 0 aliphatic carbocycles. The minimum atomic E-state index is -3.48. The van der Waals surface area contributed by atoms with E-state index in [1.54, 1.807) is 23.8 Å². The Balaban J connectivity index is 1.39. The van der Waals surface area contributed by atoms with E-state index in [0.29, 0.717) is 42.5 Å². The normalized spacial score (nSPS) is 15.8. The average molecular weight is 461 g/mol. The van der Waals surface area contributed by atoms with Gasteiger partial charge in [0.05, 0.1) is 12.7 Å². The van der Waals surface area contributed by atoms with Gasteiger partial charge in [0.25, 0.3) is 0 Å². The summed E-state index contributed by atoms with van der Waals surface area (Å²) in [5.41, 5.74) is 4.18. The molecule has 1 amide bonds. The van der Waals surface area contributed by atoms with Gasteiger partial charge in [-0.15, -0.1) is 11.3 Å². The number of nitrogens with zero attached hydrogens (tertiary/aromatic N) is 1. The number of carbonyl (C=O) groups excluding carboxylic acids is 1. The predicted octanol–water partition coefficient (Wildman–Crippen LogP) is 4.44. The second kappa shape index (κ2) is 8.76. The van der Waals surface area contributed by atoms with Crippen LogP contribution in [0.25, 0.3) is 11.0 Å². The van der Waals surface area contributed by atoms with Crippen LogP contribution < -0.4 is 4.72 Å². The molecule has 0 radical (unpaired) electrons. The molecule has 4 rings (SSSR count). The number of furan rings is 1. The number of fused-ring (bicyclic) bond motifs is 1. The Labute approximate surface area is 187 Å². The number of thiophene rings is 1. The SMILES string of the molecule is Cc1cc2occ(CC(=O)N3CCC(NS(=O)(=O)c4cccs4)CC3)c2cc1C(C)C. The van der Waals surface area contributed by atoms with Gasteiger partial charge in [0.15, 0.2) is 0 Å². The Morgan fingerprint density at radius 3 is 2.68 bits per heavy atom. The summed E-state index contributed by atoms with van der Waals surface area (Å²) >= 11 is 1.21. The largest absolute Gasteiger partial charge is 0.464 e. The van der Waals surface area contributed by atoms with E-state index in [9.17, 15) is 13.2 Å². The van der Waals surface area contributed by atoms with Gasteiger partial charge in [-0.05, 0) is 60.4 Å². The van der Waals surface area contributed by atoms with Crippen LogP contribution in [-0.4, -0.2) is 38.4 Å².